The van der Waals surface area contributed by atoms with E-state index in [0.717, 1.165) is 5.52 Å². The first-order valence-electron chi connectivity index (χ1n) is 7.82. The van der Waals surface area contributed by atoms with Gasteiger partial charge in [0.1, 0.15) is 11.8 Å². The second-order valence-corrected chi connectivity index (χ2v) is 5.77. The maximum Gasteiger partial charge on any atom is 0.239 e. The van der Waals surface area contributed by atoms with Gasteiger partial charge in [0.2, 0.25) is 5.91 Å². The van der Waals surface area contributed by atoms with Gasteiger partial charge in [0.15, 0.2) is 11.5 Å². The van der Waals surface area contributed by atoms with Gasteiger partial charge < -0.3 is 15.2 Å². The number of carbonyl (C=O) groups excluding carboxylic acids is 1. The number of fused-ring (bicyclic) bond motifs is 1. The molecule has 1 amide bonds. The molecule has 2 aromatic heterocycles. The van der Waals surface area contributed by atoms with Crippen molar-refractivity contribution in [2.75, 3.05) is 25.0 Å². The van der Waals surface area contributed by atoms with E-state index < -0.39 is 0 Å². The van der Waals surface area contributed by atoms with Crippen molar-refractivity contribution in [2.24, 2.45) is 0 Å². The number of nitrogens with one attached hydrogen (secondary N) is 2. The molecule has 0 saturated carbocycles. The third-order valence-electron chi connectivity index (χ3n) is 3.92. The molecular formula is C17H20N6O. The number of hydrogen-bond donors (Lipinski definition) is 2. The van der Waals surface area contributed by atoms with Gasteiger partial charge in [-0.1, -0.05) is 37.3 Å². The molecule has 0 spiro atoms. The van der Waals surface area contributed by atoms with Gasteiger partial charge in [0.25, 0.3) is 0 Å². The molecule has 3 aromatic rings. The lowest BCUT2D eigenvalue weighted by Gasteiger charge is -2.19. The molecular weight excluding hydrogens is 304 g/mol. The lowest BCUT2D eigenvalue weighted by atomic mass is 10.0. The predicted molar refractivity (Wildman–Crippen MR) is 92.8 cm³/mol. The quantitative estimate of drug-likeness (QED) is 0.721. The van der Waals surface area contributed by atoms with Crippen LogP contribution in [-0.4, -0.2) is 46.0 Å². The Bertz CT molecular complexity index is 816. The zero-order valence-electron chi connectivity index (χ0n) is 13.7. The Kier molecular flexibility index (Phi) is 4.69. The van der Waals surface area contributed by atoms with E-state index in [2.05, 4.69) is 44.3 Å². The number of amides is 1. The van der Waals surface area contributed by atoms with Crippen LogP contribution in [0.2, 0.25) is 0 Å². The van der Waals surface area contributed by atoms with E-state index in [1.807, 2.05) is 25.2 Å². The van der Waals surface area contributed by atoms with Crippen molar-refractivity contribution in [3.8, 4) is 0 Å². The first-order valence-corrected chi connectivity index (χ1v) is 7.82. The third-order valence-corrected chi connectivity index (χ3v) is 3.92. The monoisotopic (exact) mass is 324 g/mol. The van der Waals surface area contributed by atoms with Gasteiger partial charge in [0.05, 0.1) is 12.9 Å². The average Bonchev–Trinajstić information content (AvgIpc) is 3.09. The van der Waals surface area contributed by atoms with E-state index in [1.165, 1.54) is 11.9 Å². The van der Waals surface area contributed by atoms with Crippen LogP contribution in [0.3, 0.4) is 0 Å². The van der Waals surface area contributed by atoms with E-state index in [4.69, 9.17) is 0 Å². The average molecular weight is 324 g/mol. The van der Waals surface area contributed by atoms with Gasteiger partial charge in [-0.05, 0) is 11.5 Å². The summed E-state index contributed by atoms with van der Waals surface area (Å²) in [7, 11) is 1.82. The van der Waals surface area contributed by atoms with Crippen molar-refractivity contribution in [1.29, 1.82) is 0 Å². The zero-order valence-corrected chi connectivity index (χ0v) is 13.7. The van der Waals surface area contributed by atoms with Crippen LogP contribution in [0, 0.1) is 0 Å². The van der Waals surface area contributed by atoms with Crippen LogP contribution in [0.1, 0.15) is 18.4 Å². The summed E-state index contributed by atoms with van der Waals surface area (Å²) in [6, 6.07) is 10.1. The van der Waals surface area contributed by atoms with E-state index >= 15 is 0 Å². The van der Waals surface area contributed by atoms with Crippen molar-refractivity contribution < 1.29 is 4.79 Å². The van der Waals surface area contributed by atoms with Crippen LogP contribution in [0.4, 0.5) is 5.82 Å². The molecule has 3 rings (SSSR count). The number of rotatable bonds is 6. The van der Waals surface area contributed by atoms with Gasteiger partial charge in [-0.2, -0.15) is 0 Å². The fraction of sp³-hybridized carbons (Fsp3) is 0.294. The Labute approximate surface area is 140 Å². The number of nitrogens with zero attached hydrogens (tertiary/aromatic N) is 4. The van der Waals surface area contributed by atoms with Crippen molar-refractivity contribution >= 4 is 22.9 Å². The number of carbonyl (C=O) groups is 1. The van der Waals surface area contributed by atoms with Crippen LogP contribution >= 0.6 is 0 Å². The van der Waals surface area contributed by atoms with Gasteiger partial charge in [-0.15, -0.1) is 0 Å². The molecule has 124 valence electrons. The second-order valence-electron chi connectivity index (χ2n) is 5.77. The molecule has 1 aromatic carbocycles. The van der Waals surface area contributed by atoms with Gasteiger partial charge in [-0.25, -0.2) is 15.0 Å². The topological polar surface area (TPSA) is 86.8 Å². The van der Waals surface area contributed by atoms with Gasteiger partial charge in [-0.3, -0.25) is 4.79 Å². The van der Waals surface area contributed by atoms with Crippen molar-refractivity contribution in [3.63, 3.8) is 0 Å². The Balaban J connectivity index is 1.58. The number of aromatic amines is 1. The molecule has 7 nitrogen and oxygen atoms in total. The lowest BCUT2D eigenvalue weighted by Crippen LogP contribution is -2.37. The lowest BCUT2D eigenvalue weighted by molar-refractivity contribution is -0.119. The van der Waals surface area contributed by atoms with Crippen LogP contribution < -0.4 is 10.2 Å². The van der Waals surface area contributed by atoms with Crippen molar-refractivity contribution in [2.45, 2.75) is 12.8 Å². The summed E-state index contributed by atoms with van der Waals surface area (Å²) >= 11 is 0. The smallest absolute Gasteiger partial charge is 0.239 e. The molecule has 0 fully saturated rings. The first kappa shape index (κ1) is 15.9. The van der Waals surface area contributed by atoms with Crippen LogP contribution in [0.25, 0.3) is 11.2 Å². The summed E-state index contributed by atoms with van der Waals surface area (Å²) in [4.78, 5) is 29.4. The zero-order chi connectivity index (χ0) is 16.9. The van der Waals surface area contributed by atoms with Crippen molar-refractivity contribution in [1.82, 2.24) is 25.3 Å². The summed E-state index contributed by atoms with van der Waals surface area (Å²) in [6.45, 7) is 2.91. The minimum absolute atomic E-state index is 0.0495. The van der Waals surface area contributed by atoms with Crippen LogP contribution in [0.15, 0.2) is 43.0 Å². The molecule has 0 aliphatic carbocycles. The van der Waals surface area contributed by atoms with Gasteiger partial charge in [0, 0.05) is 13.6 Å². The van der Waals surface area contributed by atoms with Crippen LogP contribution in [-0.2, 0) is 4.79 Å². The highest BCUT2D eigenvalue weighted by molar-refractivity contribution is 5.86. The summed E-state index contributed by atoms with van der Waals surface area (Å²) in [5, 5.41) is 2.97. The Morgan fingerprint density at radius 2 is 2.04 bits per heavy atom. The molecule has 1 atom stereocenters. The molecule has 24 heavy (non-hydrogen) atoms. The summed E-state index contributed by atoms with van der Waals surface area (Å²) in [5.74, 6) is 0.870. The number of H-pyrrole nitrogens is 1. The standard InChI is InChI=1S/C17H20N6O/c1-12(13-6-4-3-5-7-13)8-18-14(24)9-23(2)17-15-16(20-10-19-15)21-11-22-17/h3-7,10-12H,8-9H2,1-2H3,(H,18,24)(H,19,20,21,22)/t12-/m0/s1. The van der Waals surface area contributed by atoms with E-state index in [9.17, 15) is 4.79 Å². The molecule has 0 radical (unpaired) electrons. The predicted octanol–water partition coefficient (Wildman–Crippen LogP) is 1.71. The molecule has 2 heterocycles. The molecule has 0 aliphatic heterocycles. The number of likely N-dealkylation sites (N-methyl/N-ethyl adjacent to an activating group) is 1. The fourth-order valence-corrected chi connectivity index (χ4v) is 2.55. The maximum absolute atomic E-state index is 12.2. The molecule has 0 bridgehead atoms. The number of imidazole rings is 1. The fourth-order valence-electron chi connectivity index (χ4n) is 2.55. The van der Waals surface area contributed by atoms with E-state index in [1.54, 1.807) is 11.2 Å². The Morgan fingerprint density at radius 1 is 1.25 bits per heavy atom. The highest BCUT2D eigenvalue weighted by atomic mass is 16.2. The van der Waals surface area contributed by atoms with Gasteiger partial charge >= 0.3 is 0 Å². The number of aromatic nitrogens is 4. The van der Waals surface area contributed by atoms with Crippen LogP contribution in [0.5, 0.6) is 0 Å². The SMILES string of the molecule is C[C@@H](CNC(=O)CN(C)c1ncnc2nc[nH]c12)c1ccccc1. The summed E-state index contributed by atoms with van der Waals surface area (Å²) in [5.41, 5.74) is 2.52. The molecule has 7 heteroatoms. The number of anilines is 1. The first-order chi connectivity index (χ1) is 11.6. The minimum atomic E-state index is -0.0495. The highest BCUT2D eigenvalue weighted by Crippen LogP contribution is 2.18. The summed E-state index contributed by atoms with van der Waals surface area (Å²) < 4.78 is 0. The number of benzene rings is 1. The highest BCUT2D eigenvalue weighted by Gasteiger charge is 2.14. The van der Waals surface area contributed by atoms with Crippen molar-refractivity contribution in [3.05, 3.63) is 48.5 Å². The summed E-state index contributed by atoms with van der Waals surface area (Å²) in [6.07, 6.45) is 3.02. The Hall–Kier alpha value is -2.96. The van der Waals surface area contributed by atoms with E-state index in [-0.39, 0.29) is 18.4 Å². The minimum Gasteiger partial charge on any atom is -0.354 e. The Morgan fingerprint density at radius 3 is 2.83 bits per heavy atom. The normalized spacial score (nSPS) is 12.1. The second kappa shape index (κ2) is 7.08. The number of hydrogen-bond acceptors (Lipinski definition) is 5. The molecule has 0 aliphatic rings. The largest absolute Gasteiger partial charge is 0.354 e. The molecule has 2 N–H and O–H groups in total. The van der Waals surface area contributed by atoms with E-state index in [0.29, 0.717) is 18.0 Å². The maximum atomic E-state index is 12.2. The molecule has 0 unspecified atom stereocenters. The molecule has 0 saturated heterocycles. The third kappa shape index (κ3) is 3.51.